The normalized spacial score (nSPS) is 11.2. The Morgan fingerprint density at radius 3 is 2.58 bits per heavy atom. The van der Waals surface area contributed by atoms with Crippen molar-refractivity contribution in [3.8, 4) is 11.5 Å². The van der Waals surface area contributed by atoms with Crippen molar-refractivity contribution in [2.45, 2.75) is 13.3 Å². The maximum atomic E-state index is 13.0. The van der Waals surface area contributed by atoms with Gasteiger partial charge < -0.3 is 14.7 Å². The summed E-state index contributed by atoms with van der Waals surface area (Å²) in [5.74, 6) is 1.11. The zero-order valence-electron chi connectivity index (χ0n) is 12.8. The second kappa shape index (κ2) is 5.45. The molecule has 7 heteroatoms. The highest BCUT2D eigenvalue weighted by molar-refractivity contribution is 5.88. The molecular formula is C17H13FN4O2. The molecule has 0 saturated heterocycles. The molecule has 0 saturated carbocycles. The van der Waals surface area contributed by atoms with Gasteiger partial charge in [-0.1, -0.05) is 17.3 Å². The summed E-state index contributed by atoms with van der Waals surface area (Å²) in [6.07, 6.45) is 0.445. The fourth-order valence-corrected chi connectivity index (χ4v) is 2.53. The molecule has 0 aliphatic carbocycles. The molecule has 0 unspecified atom stereocenters. The molecule has 4 aromatic rings. The molecule has 24 heavy (non-hydrogen) atoms. The highest BCUT2D eigenvalue weighted by Gasteiger charge is 2.19. The van der Waals surface area contributed by atoms with Gasteiger partial charge in [-0.3, -0.25) is 0 Å². The fourth-order valence-electron chi connectivity index (χ4n) is 2.53. The van der Waals surface area contributed by atoms with Crippen molar-refractivity contribution in [3.05, 3.63) is 59.2 Å². The zero-order valence-corrected chi connectivity index (χ0v) is 12.8. The lowest BCUT2D eigenvalue weighted by molar-refractivity contribution is 0.446. The molecule has 0 spiro atoms. The van der Waals surface area contributed by atoms with Crippen molar-refractivity contribution in [3.63, 3.8) is 0 Å². The van der Waals surface area contributed by atoms with Gasteiger partial charge in [0.25, 0.3) is 0 Å². The second-order valence-corrected chi connectivity index (χ2v) is 5.45. The van der Waals surface area contributed by atoms with Crippen LogP contribution in [0.15, 0.2) is 45.3 Å². The van der Waals surface area contributed by atoms with Crippen LogP contribution in [0.2, 0.25) is 0 Å². The number of fused-ring (bicyclic) bond motifs is 1. The largest absolute Gasteiger partial charge is 0.460 e. The van der Waals surface area contributed by atoms with Crippen LogP contribution in [-0.4, -0.2) is 15.1 Å². The van der Waals surface area contributed by atoms with E-state index in [1.165, 1.54) is 12.1 Å². The second-order valence-electron chi connectivity index (χ2n) is 5.45. The van der Waals surface area contributed by atoms with Gasteiger partial charge in [-0.2, -0.15) is 0 Å². The molecule has 1 aromatic carbocycles. The van der Waals surface area contributed by atoms with Crippen molar-refractivity contribution in [1.29, 1.82) is 0 Å². The van der Waals surface area contributed by atoms with Crippen molar-refractivity contribution < 1.29 is 13.3 Å². The Hall–Kier alpha value is -3.22. The first-order valence-electron chi connectivity index (χ1n) is 7.33. The van der Waals surface area contributed by atoms with Crippen LogP contribution in [0.3, 0.4) is 0 Å². The molecule has 0 radical (unpaired) electrons. The Morgan fingerprint density at radius 1 is 1.08 bits per heavy atom. The number of hydrogen-bond acceptors (Lipinski definition) is 6. The minimum absolute atomic E-state index is 0.107. The van der Waals surface area contributed by atoms with Crippen molar-refractivity contribution in [1.82, 2.24) is 15.1 Å². The number of benzene rings is 1. The minimum Gasteiger partial charge on any atom is -0.460 e. The number of aryl methyl sites for hydroxylation is 1. The molecule has 0 aliphatic rings. The highest BCUT2D eigenvalue weighted by Crippen LogP contribution is 2.30. The standard InChI is InChI=1S/C17H13FN4O2/c1-9-2-7-13(23-9)15-16-14(20-17(19)21-15)12(22-24-16)8-10-3-5-11(18)6-4-10/h2-7H,8H2,1H3,(H2,19,20,21). The molecule has 0 aliphatic heterocycles. The summed E-state index contributed by atoms with van der Waals surface area (Å²) >= 11 is 0. The summed E-state index contributed by atoms with van der Waals surface area (Å²) in [5.41, 5.74) is 8.72. The molecule has 2 N–H and O–H groups in total. The van der Waals surface area contributed by atoms with E-state index in [1.54, 1.807) is 18.2 Å². The van der Waals surface area contributed by atoms with Gasteiger partial charge in [-0.05, 0) is 36.8 Å². The van der Waals surface area contributed by atoms with E-state index in [0.717, 1.165) is 11.3 Å². The minimum atomic E-state index is -0.286. The van der Waals surface area contributed by atoms with Crippen LogP contribution in [0.5, 0.6) is 0 Å². The third-order valence-corrected chi connectivity index (χ3v) is 3.66. The summed E-state index contributed by atoms with van der Waals surface area (Å²) in [7, 11) is 0. The van der Waals surface area contributed by atoms with Crippen LogP contribution < -0.4 is 5.73 Å². The van der Waals surface area contributed by atoms with Gasteiger partial charge in [0.2, 0.25) is 11.5 Å². The van der Waals surface area contributed by atoms with E-state index >= 15 is 0 Å². The molecule has 3 heterocycles. The summed E-state index contributed by atoms with van der Waals surface area (Å²) in [4.78, 5) is 8.44. The number of anilines is 1. The smallest absolute Gasteiger partial charge is 0.221 e. The van der Waals surface area contributed by atoms with E-state index in [0.29, 0.717) is 34.7 Å². The maximum Gasteiger partial charge on any atom is 0.221 e. The number of rotatable bonds is 3. The Bertz CT molecular complexity index is 1020. The van der Waals surface area contributed by atoms with Crippen LogP contribution >= 0.6 is 0 Å². The van der Waals surface area contributed by atoms with Crippen LogP contribution in [0, 0.1) is 12.7 Å². The molecule has 0 fully saturated rings. The first-order valence-corrected chi connectivity index (χ1v) is 7.33. The van der Waals surface area contributed by atoms with E-state index < -0.39 is 0 Å². The van der Waals surface area contributed by atoms with Gasteiger partial charge >= 0.3 is 0 Å². The Morgan fingerprint density at radius 2 is 1.88 bits per heavy atom. The molecular weight excluding hydrogens is 311 g/mol. The van der Waals surface area contributed by atoms with Crippen molar-refractivity contribution >= 4 is 17.0 Å². The lowest BCUT2D eigenvalue weighted by Crippen LogP contribution is -1.98. The summed E-state index contributed by atoms with van der Waals surface area (Å²) in [6, 6.07) is 9.80. The van der Waals surface area contributed by atoms with Crippen LogP contribution in [-0.2, 0) is 6.42 Å². The van der Waals surface area contributed by atoms with E-state index in [2.05, 4.69) is 15.1 Å². The molecule has 3 aromatic heterocycles. The summed E-state index contributed by atoms with van der Waals surface area (Å²) in [5, 5.41) is 4.08. The SMILES string of the molecule is Cc1ccc(-c2nc(N)nc3c(Cc4ccc(F)cc4)noc23)o1. The van der Waals surface area contributed by atoms with Gasteiger partial charge in [0.05, 0.1) is 0 Å². The average Bonchev–Trinajstić information content (AvgIpc) is 3.16. The third kappa shape index (κ3) is 2.50. The quantitative estimate of drug-likeness (QED) is 0.620. The van der Waals surface area contributed by atoms with Crippen LogP contribution in [0.25, 0.3) is 22.6 Å². The Labute approximate surface area is 136 Å². The monoisotopic (exact) mass is 324 g/mol. The number of aromatic nitrogens is 3. The van der Waals surface area contributed by atoms with Crippen molar-refractivity contribution in [2.75, 3.05) is 5.73 Å². The van der Waals surface area contributed by atoms with E-state index in [9.17, 15) is 4.39 Å². The number of nitrogens with zero attached hydrogens (tertiary/aromatic N) is 3. The number of furan rings is 1. The Kier molecular flexibility index (Phi) is 3.26. The summed E-state index contributed by atoms with van der Waals surface area (Å²) < 4.78 is 24.1. The van der Waals surface area contributed by atoms with Gasteiger partial charge in [0, 0.05) is 6.42 Å². The van der Waals surface area contributed by atoms with E-state index in [4.69, 9.17) is 14.7 Å². The lowest BCUT2D eigenvalue weighted by atomic mass is 10.1. The molecule has 0 amide bonds. The average molecular weight is 324 g/mol. The molecule has 6 nitrogen and oxygen atoms in total. The van der Waals surface area contributed by atoms with Gasteiger partial charge in [-0.15, -0.1) is 0 Å². The number of nitrogens with two attached hydrogens (primary N) is 1. The third-order valence-electron chi connectivity index (χ3n) is 3.66. The molecule has 4 rings (SSSR count). The first-order chi connectivity index (χ1) is 11.6. The topological polar surface area (TPSA) is 91.0 Å². The van der Waals surface area contributed by atoms with Gasteiger partial charge in [0.15, 0.2) is 11.5 Å². The van der Waals surface area contributed by atoms with Crippen molar-refractivity contribution in [2.24, 2.45) is 0 Å². The summed E-state index contributed by atoms with van der Waals surface area (Å²) in [6.45, 7) is 1.84. The molecule has 120 valence electrons. The Balaban J connectivity index is 1.81. The zero-order chi connectivity index (χ0) is 16.7. The number of halogens is 1. The predicted octanol–water partition coefficient (Wildman–Crippen LogP) is 3.50. The van der Waals surface area contributed by atoms with Gasteiger partial charge in [0.1, 0.15) is 22.8 Å². The first kappa shape index (κ1) is 14.4. The predicted molar refractivity (Wildman–Crippen MR) is 85.7 cm³/mol. The van der Waals surface area contributed by atoms with Gasteiger partial charge in [-0.25, -0.2) is 14.4 Å². The number of nitrogen functional groups attached to an aromatic ring is 1. The molecule has 0 atom stereocenters. The fraction of sp³-hybridized carbons (Fsp3) is 0.118. The van der Waals surface area contributed by atoms with E-state index in [1.807, 2.05) is 13.0 Å². The van der Waals surface area contributed by atoms with E-state index in [-0.39, 0.29) is 11.8 Å². The molecule has 0 bridgehead atoms. The van der Waals surface area contributed by atoms with Crippen LogP contribution in [0.4, 0.5) is 10.3 Å². The maximum absolute atomic E-state index is 13.0. The lowest BCUT2D eigenvalue weighted by Gasteiger charge is -2.00. The number of hydrogen-bond donors (Lipinski definition) is 1. The highest BCUT2D eigenvalue weighted by atomic mass is 19.1. The van der Waals surface area contributed by atoms with Crippen LogP contribution in [0.1, 0.15) is 17.0 Å².